The van der Waals surface area contributed by atoms with Gasteiger partial charge in [0.15, 0.2) is 0 Å². The third-order valence-corrected chi connectivity index (χ3v) is 7.11. The van der Waals surface area contributed by atoms with E-state index in [1.807, 2.05) is 6.07 Å². The molecule has 1 aromatic heterocycles. The lowest BCUT2D eigenvalue weighted by Crippen LogP contribution is -2.41. The number of carbonyl (C=O) groups is 1. The van der Waals surface area contributed by atoms with Gasteiger partial charge >= 0.3 is 0 Å². The second kappa shape index (κ2) is 6.99. The number of rotatable bonds is 3. The van der Waals surface area contributed by atoms with Crippen molar-refractivity contribution >= 4 is 5.91 Å². The number of likely N-dealkylation sites (tertiary alicyclic amines) is 1. The fourth-order valence-corrected chi connectivity index (χ4v) is 5.28. The molecule has 2 aliphatic heterocycles. The molecule has 5 rings (SSSR count). The largest absolute Gasteiger partial charge is 0.342 e. The Labute approximate surface area is 164 Å². The summed E-state index contributed by atoms with van der Waals surface area (Å²) < 4.78 is 13.6. The number of nitrogens with zero attached hydrogens (tertiary/aromatic N) is 2. The molecule has 1 unspecified atom stereocenters. The maximum absolute atomic E-state index is 13.6. The normalized spacial score (nSPS) is 24.5. The van der Waals surface area contributed by atoms with E-state index >= 15 is 0 Å². The number of amides is 1. The minimum Gasteiger partial charge on any atom is -0.342 e. The highest BCUT2D eigenvalue weighted by Crippen LogP contribution is 2.59. The molecule has 6 heteroatoms. The van der Waals surface area contributed by atoms with E-state index in [4.69, 9.17) is 0 Å². The van der Waals surface area contributed by atoms with Gasteiger partial charge in [-0.2, -0.15) is 5.10 Å². The van der Waals surface area contributed by atoms with Gasteiger partial charge in [0, 0.05) is 36.2 Å². The maximum Gasteiger partial charge on any atom is 0.226 e. The number of benzene rings is 1. The molecule has 5 nitrogen and oxygen atoms in total. The molecule has 2 aromatic rings. The number of carbonyl (C=O) groups excluding carboxylic acids is 1. The molecule has 1 aliphatic carbocycles. The van der Waals surface area contributed by atoms with Crippen molar-refractivity contribution in [1.82, 2.24) is 20.4 Å². The molecule has 148 valence electrons. The van der Waals surface area contributed by atoms with Crippen LogP contribution in [0.2, 0.25) is 0 Å². The average molecular weight is 382 g/mol. The molecule has 28 heavy (non-hydrogen) atoms. The lowest BCUT2D eigenvalue weighted by Gasteiger charge is -2.33. The molecule has 1 atom stereocenters. The van der Waals surface area contributed by atoms with Gasteiger partial charge in [-0.15, -0.1) is 0 Å². The molecule has 1 saturated carbocycles. The highest BCUT2D eigenvalue weighted by molar-refractivity contribution is 5.83. The van der Waals surface area contributed by atoms with Crippen LogP contribution in [0.25, 0.3) is 11.1 Å². The molecule has 3 heterocycles. The Morgan fingerprint density at radius 2 is 2.00 bits per heavy atom. The van der Waals surface area contributed by atoms with Crippen molar-refractivity contribution in [2.24, 2.45) is 11.3 Å². The Balaban J connectivity index is 1.24. The standard InChI is InChI=1S/C22H27FN4O/c23-17-3-1-2-16(12-17)18-14-25-26-20(18)15-4-10-27(11-5-15)21(28)19-13-22(19)6-8-24-9-7-22/h1-3,12,14-15,19,24H,4-11,13H2,(H,25,26). The fourth-order valence-electron chi connectivity index (χ4n) is 5.28. The predicted molar refractivity (Wildman–Crippen MR) is 105 cm³/mol. The Hall–Kier alpha value is -2.21. The fraction of sp³-hybridized carbons (Fsp3) is 0.545. The number of hydrogen-bond donors (Lipinski definition) is 2. The maximum atomic E-state index is 13.6. The highest BCUT2D eigenvalue weighted by Gasteiger charge is 2.58. The molecule has 1 aromatic carbocycles. The van der Waals surface area contributed by atoms with E-state index < -0.39 is 0 Å². The molecule has 2 saturated heterocycles. The van der Waals surface area contributed by atoms with Gasteiger partial charge in [0.25, 0.3) is 0 Å². The Kier molecular flexibility index (Phi) is 4.46. The van der Waals surface area contributed by atoms with Gasteiger partial charge in [-0.25, -0.2) is 4.39 Å². The van der Waals surface area contributed by atoms with E-state index in [1.54, 1.807) is 18.3 Å². The van der Waals surface area contributed by atoms with Crippen molar-refractivity contribution in [3.05, 3.63) is 42.0 Å². The van der Waals surface area contributed by atoms with Gasteiger partial charge in [-0.05, 0) is 68.3 Å². The highest BCUT2D eigenvalue weighted by atomic mass is 19.1. The molecular formula is C22H27FN4O. The Morgan fingerprint density at radius 3 is 2.75 bits per heavy atom. The number of aromatic nitrogens is 2. The van der Waals surface area contributed by atoms with Crippen molar-refractivity contribution in [3.63, 3.8) is 0 Å². The van der Waals surface area contributed by atoms with E-state index in [2.05, 4.69) is 20.4 Å². The van der Waals surface area contributed by atoms with Gasteiger partial charge in [-0.3, -0.25) is 9.89 Å². The summed E-state index contributed by atoms with van der Waals surface area (Å²) in [4.78, 5) is 15.1. The Morgan fingerprint density at radius 1 is 1.21 bits per heavy atom. The van der Waals surface area contributed by atoms with Gasteiger partial charge in [-0.1, -0.05) is 12.1 Å². The summed E-state index contributed by atoms with van der Waals surface area (Å²) >= 11 is 0. The zero-order valence-corrected chi connectivity index (χ0v) is 16.1. The molecule has 0 bridgehead atoms. The van der Waals surface area contributed by atoms with Crippen molar-refractivity contribution in [2.45, 2.75) is 38.0 Å². The van der Waals surface area contributed by atoms with Crippen LogP contribution in [0.3, 0.4) is 0 Å². The van der Waals surface area contributed by atoms with Crippen LogP contribution in [0, 0.1) is 17.2 Å². The molecule has 0 radical (unpaired) electrons. The van der Waals surface area contributed by atoms with Crippen molar-refractivity contribution in [2.75, 3.05) is 26.2 Å². The van der Waals surface area contributed by atoms with Gasteiger partial charge in [0.1, 0.15) is 5.82 Å². The van der Waals surface area contributed by atoms with Gasteiger partial charge in [0.05, 0.1) is 6.20 Å². The number of piperidine rings is 2. The molecule has 2 N–H and O–H groups in total. The number of aromatic amines is 1. The van der Waals surface area contributed by atoms with Crippen LogP contribution in [0.15, 0.2) is 30.5 Å². The van der Waals surface area contributed by atoms with Gasteiger partial charge in [0.2, 0.25) is 5.91 Å². The van der Waals surface area contributed by atoms with E-state index in [9.17, 15) is 9.18 Å². The molecule has 3 fully saturated rings. The van der Waals surface area contributed by atoms with Crippen molar-refractivity contribution in [1.29, 1.82) is 0 Å². The number of nitrogens with one attached hydrogen (secondary N) is 2. The molecule has 1 amide bonds. The van der Waals surface area contributed by atoms with Crippen LogP contribution in [-0.4, -0.2) is 47.2 Å². The van der Waals surface area contributed by atoms with E-state index in [0.717, 1.165) is 75.1 Å². The first-order chi connectivity index (χ1) is 13.7. The smallest absolute Gasteiger partial charge is 0.226 e. The first-order valence-corrected chi connectivity index (χ1v) is 10.4. The lowest BCUT2D eigenvalue weighted by molar-refractivity contribution is -0.134. The van der Waals surface area contributed by atoms with Crippen LogP contribution in [0.1, 0.15) is 43.7 Å². The molecule has 1 spiro atoms. The van der Waals surface area contributed by atoms with Crippen LogP contribution >= 0.6 is 0 Å². The van der Waals surface area contributed by atoms with E-state index in [0.29, 0.717) is 17.2 Å². The number of H-pyrrole nitrogens is 1. The zero-order valence-electron chi connectivity index (χ0n) is 16.1. The van der Waals surface area contributed by atoms with Crippen LogP contribution < -0.4 is 5.32 Å². The first-order valence-electron chi connectivity index (χ1n) is 10.4. The summed E-state index contributed by atoms with van der Waals surface area (Å²) in [6, 6.07) is 6.66. The summed E-state index contributed by atoms with van der Waals surface area (Å²) in [5.74, 6) is 0.717. The molecule has 3 aliphatic rings. The van der Waals surface area contributed by atoms with E-state index in [-0.39, 0.29) is 11.7 Å². The van der Waals surface area contributed by atoms with E-state index in [1.165, 1.54) is 6.07 Å². The zero-order chi connectivity index (χ0) is 19.1. The second-order valence-corrected chi connectivity index (χ2v) is 8.68. The monoisotopic (exact) mass is 382 g/mol. The second-order valence-electron chi connectivity index (χ2n) is 8.68. The Bertz CT molecular complexity index is 865. The van der Waals surface area contributed by atoms with Gasteiger partial charge < -0.3 is 10.2 Å². The summed E-state index contributed by atoms with van der Waals surface area (Å²) in [6.45, 7) is 3.70. The van der Waals surface area contributed by atoms with Crippen LogP contribution in [-0.2, 0) is 4.79 Å². The van der Waals surface area contributed by atoms with Crippen molar-refractivity contribution < 1.29 is 9.18 Å². The SMILES string of the molecule is O=C(C1CC12CCNCC2)N1CCC(c2[nH]ncc2-c2cccc(F)c2)CC1. The topological polar surface area (TPSA) is 61.0 Å². The predicted octanol–water partition coefficient (Wildman–Crippen LogP) is 3.31. The summed E-state index contributed by atoms with van der Waals surface area (Å²) in [5.41, 5.74) is 3.19. The third-order valence-electron chi connectivity index (χ3n) is 7.11. The summed E-state index contributed by atoms with van der Waals surface area (Å²) in [7, 11) is 0. The molecular weight excluding hydrogens is 355 g/mol. The number of hydrogen-bond acceptors (Lipinski definition) is 3. The minimum atomic E-state index is -0.235. The average Bonchev–Trinajstić information content (AvgIpc) is 3.19. The third kappa shape index (κ3) is 3.13. The quantitative estimate of drug-likeness (QED) is 0.856. The van der Waals surface area contributed by atoms with Crippen LogP contribution in [0.5, 0.6) is 0 Å². The lowest BCUT2D eigenvalue weighted by atomic mass is 9.88. The first kappa shape index (κ1) is 17.9. The van der Waals surface area contributed by atoms with Crippen LogP contribution in [0.4, 0.5) is 4.39 Å². The number of halogens is 1. The van der Waals surface area contributed by atoms with Crippen molar-refractivity contribution in [3.8, 4) is 11.1 Å². The summed E-state index contributed by atoms with van der Waals surface area (Å²) in [5, 5.41) is 10.8. The minimum absolute atomic E-state index is 0.235. The summed E-state index contributed by atoms with van der Waals surface area (Å²) in [6.07, 6.45) is 7.01.